The lowest BCUT2D eigenvalue weighted by Gasteiger charge is -2.34. The maximum Gasteiger partial charge on any atom is 0.254 e. The number of nitrogens with one attached hydrogen (secondary N) is 1. The van der Waals surface area contributed by atoms with Crippen molar-refractivity contribution < 1.29 is 18.8 Å². The largest absolute Gasteiger partial charge is 0.343 e. The molecule has 0 saturated carbocycles. The normalized spacial score (nSPS) is 14.0. The molecule has 2 aromatic carbocycles. The van der Waals surface area contributed by atoms with Gasteiger partial charge in [0.15, 0.2) is 0 Å². The van der Waals surface area contributed by atoms with Crippen LogP contribution in [-0.4, -0.2) is 60.2 Å². The summed E-state index contributed by atoms with van der Waals surface area (Å²) in [5.41, 5.74) is 0.526. The van der Waals surface area contributed by atoms with Crippen molar-refractivity contribution in [1.29, 1.82) is 0 Å². The first-order valence-corrected chi connectivity index (χ1v) is 8.71. The fourth-order valence-corrected chi connectivity index (χ4v) is 2.93. The first-order chi connectivity index (χ1) is 13.1. The fourth-order valence-electron chi connectivity index (χ4n) is 2.93. The Bertz CT molecular complexity index is 833. The summed E-state index contributed by atoms with van der Waals surface area (Å²) in [4.78, 5) is 40.0. The molecule has 0 radical (unpaired) electrons. The summed E-state index contributed by atoms with van der Waals surface area (Å²) in [5, 5.41) is 2.45. The lowest BCUT2D eigenvalue weighted by atomic mass is 10.2. The molecular weight excluding hydrogens is 349 g/mol. The number of carbonyl (C=O) groups excluding carboxylic acids is 3. The number of benzene rings is 2. The number of piperazine rings is 1. The van der Waals surface area contributed by atoms with Crippen LogP contribution in [0.25, 0.3) is 0 Å². The van der Waals surface area contributed by atoms with Crippen molar-refractivity contribution >= 4 is 17.7 Å². The zero-order valence-corrected chi connectivity index (χ0v) is 14.7. The van der Waals surface area contributed by atoms with Gasteiger partial charge in [-0.2, -0.15) is 0 Å². The third kappa shape index (κ3) is 4.49. The summed E-state index contributed by atoms with van der Waals surface area (Å²) in [7, 11) is 0. The predicted octanol–water partition coefficient (Wildman–Crippen LogP) is 1.54. The summed E-state index contributed by atoms with van der Waals surface area (Å²) in [6.07, 6.45) is 0. The molecule has 0 bridgehead atoms. The van der Waals surface area contributed by atoms with E-state index in [0.717, 1.165) is 0 Å². The highest BCUT2D eigenvalue weighted by Crippen LogP contribution is 2.09. The van der Waals surface area contributed by atoms with Gasteiger partial charge in [0.25, 0.3) is 11.8 Å². The molecule has 0 aromatic heterocycles. The quantitative estimate of drug-likeness (QED) is 0.889. The molecule has 140 valence electrons. The van der Waals surface area contributed by atoms with Crippen LogP contribution in [0.15, 0.2) is 54.6 Å². The molecular formula is C20H20FN3O3. The van der Waals surface area contributed by atoms with Gasteiger partial charge in [-0.05, 0) is 24.3 Å². The lowest BCUT2D eigenvalue weighted by Crippen LogP contribution is -2.52. The average molecular weight is 369 g/mol. The molecule has 2 aromatic rings. The molecule has 1 saturated heterocycles. The number of hydrogen-bond acceptors (Lipinski definition) is 3. The van der Waals surface area contributed by atoms with Crippen LogP contribution < -0.4 is 5.32 Å². The molecule has 0 aliphatic carbocycles. The summed E-state index contributed by atoms with van der Waals surface area (Å²) >= 11 is 0. The van der Waals surface area contributed by atoms with Crippen LogP contribution in [0.5, 0.6) is 0 Å². The van der Waals surface area contributed by atoms with Gasteiger partial charge >= 0.3 is 0 Å². The van der Waals surface area contributed by atoms with Gasteiger partial charge in [-0.15, -0.1) is 0 Å². The summed E-state index contributed by atoms with van der Waals surface area (Å²) in [6, 6.07) is 14.6. The first-order valence-electron chi connectivity index (χ1n) is 8.71. The van der Waals surface area contributed by atoms with E-state index in [0.29, 0.717) is 31.7 Å². The van der Waals surface area contributed by atoms with Crippen molar-refractivity contribution in [3.05, 3.63) is 71.5 Å². The summed E-state index contributed by atoms with van der Waals surface area (Å²) in [6.45, 7) is 1.45. The number of hydrogen-bond donors (Lipinski definition) is 1. The number of halogens is 1. The summed E-state index contributed by atoms with van der Waals surface area (Å²) in [5.74, 6) is -1.57. The molecule has 1 fully saturated rings. The van der Waals surface area contributed by atoms with Crippen molar-refractivity contribution in [3.8, 4) is 0 Å². The maximum atomic E-state index is 13.6. The maximum absolute atomic E-state index is 13.6. The van der Waals surface area contributed by atoms with Gasteiger partial charge < -0.3 is 15.1 Å². The van der Waals surface area contributed by atoms with Gasteiger partial charge in [0.1, 0.15) is 5.82 Å². The molecule has 7 heteroatoms. The standard InChI is InChI=1S/C20H20FN3O3/c21-17-9-5-4-8-16(17)19(26)22-14-18(25)23-10-12-24(13-11-23)20(27)15-6-2-1-3-7-15/h1-9H,10-14H2,(H,22,26). The Morgan fingerprint density at radius 3 is 2.11 bits per heavy atom. The Hall–Kier alpha value is -3.22. The van der Waals surface area contributed by atoms with Gasteiger partial charge in [0, 0.05) is 31.7 Å². The second kappa shape index (κ2) is 8.44. The Balaban J connectivity index is 1.48. The average Bonchev–Trinajstić information content (AvgIpc) is 2.72. The molecule has 1 heterocycles. The Kier molecular flexibility index (Phi) is 5.80. The monoisotopic (exact) mass is 369 g/mol. The van der Waals surface area contributed by atoms with Gasteiger partial charge in [-0.25, -0.2) is 4.39 Å². The van der Waals surface area contributed by atoms with Crippen molar-refractivity contribution in [2.45, 2.75) is 0 Å². The van der Waals surface area contributed by atoms with Gasteiger partial charge in [0.05, 0.1) is 12.1 Å². The van der Waals surface area contributed by atoms with Crippen LogP contribution in [0.2, 0.25) is 0 Å². The van der Waals surface area contributed by atoms with E-state index >= 15 is 0 Å². The Morgan fingerprint density at radius 2 is 1.44 bits per heavy atom. The third-order valence-corrected chi connectivity index (χ3v) is 4.46. The van der Waals surface area contributed by atoms with E-state index < -0.39 is 11.7 Å². The third-order valence-electron chi connectivity index (χ3n) is 4.46. The molecule has 0 unspecified atom stereocenters. The second-order valence-corrected chi connectivity index (χ2v) is 6.20. The number of carbonyl (C=O) groups is 3. The van der Waals surface area contributed by atoms with E-state index in [2.05, 4.69) is 5.32 Å². The van der Waals surface area contributed by atoms with Crippen molar-refractivity contribution in [2.75, 3.05) is 32.7 Å². The summed E-state index contributed by atoms with van der Waals surface area (Å²) < 4.78 is 13.6. The van der Waals surface area contributed by atoms with Crippen LogP contribution in [0.4, 0.5) is 4.39 Å². The van der Waals surface area contributed by atoms with E-state index in [1.54, 1.807) is 28.0 Å². The number of nitrogens with zero attached hydrogens (tertiary/aromatic N) is 2. The zero-order valence-electron chi connectivity index (χ0n) is 14.7. The van der Waals surface area contributed by atoms with Crippen molar-refractivity contribution in [2.24, 2.45) is 0 Å². The first kappa shape index (κ1) is 18.6. The van der Waals surface area contributed by atoms with E-state index in [4.69, 9.17) is 0 Å². The van der Waals surface area contributed by atoms with Crippen LogP contribution in [-0.2, 0) is 4.79 Å². The predicted molar refractivity (Wildman–Crippen MR) is 97.7 cm³/mol. The van der Waals surface area contributed by atoms with E-state index in [1.165, 1.54) is 18.2 Å². The van der Waals surface area contributed by atoms with Gasteiger partial charge in [0.2, 0.25) is 5.91 Å². The Labute approximate surface area is 156 Å². The van der Waals surface area contributed by atoms with Crippen LogP contribution in [0.1, 0.15) is 20.7 Å². The smallest absolute Gasteiger partial charge is 0.254 e. The number of rotatable bonds is 4. The van der Waals surface area contributed by atoms with Crippen LogP contribution >= 0.6 is 0 Å². The molecule has 1 aliphatic heterocycles. The van der Waals surface area contributed by atoms with E-state index in [1.807, 2.05) is 18.2 Å². The van der Waals surface area contributed by atoms with E-state index in [-0.39, 0.29) is 23.9 Å². The lowest BCUT2D eigenvalue weighted by molar-refractivity contribution is -0.131. The zero-order chi connectivity index (χ0) is 19.2. The van der Waals surface area contributed by atoms with Crippen molar-refractivity contribution in [1.82, 2.24) is 15.1 Å². The molecule has 3 amide bonds. The van der Waals surface area contributed by atoms with Gasteiger partial charge in [-0.1, -0.05) is 30.3 Å². The second-order valence-electron chi connectivity index (χ2n) is 6.20. The highest BCUT2D eigenvalue weighted by Gasteiger charge is 2.25. The molecule has 0 spiro atoms. The highest BCUT2D eigenvalue weighted by molar-refractivity contribution is 5.97. The number of amides is 3. The molecule has 1 aliphatic rings. The van der Waals surface area contributed by atoms with E-state index in [9.17, 15) is 18.8 Å². The topological polar surface area (TPSA) is 69.7 Å². The molecule has 1 N–H and O–H groups in total. The minimum atomic E-state index is -0.629. The minimum absolute atomic E-state index is 0.0597. The SMILES string of the molecule is O=C(NCC(=O)N1CCN(C(=O)c2ccccc2)CC1)c1ccccc1F. The van der Waals surface area contributed by atoms with Crippen LogP contribution in [0.3, 0.4) is 0 Å². The minimum Gasteiger partial charge on any atom is -0.343 e. The molecule has 0 atom stereocenters. The van der Waals surface area contributed by atoms with Gasteiger partial charge in [-0.3, -0.25) is 14.4 Å². The highest BCUT2D eigenvalue weighted by atomic mass is 19.1. The molecule has 6 nitrogen and oxygen atoms in total. The van der Waals surface area contributed by atoms with Crippen molar-refractivity contribution in [3.63, 3.8) is 0 Å². The fraction of sp³-hybridized carbons (Fsp3) is 0.250. The molecule has 27 heavy (non-hydrogen) atoms. The Morgan fingerprint density at radius 1 is 0.852 bits per heavy atom. The molecule has 3 rings (SSSR count). The van der Waals surface area contributed by atoms with Crippen LogP contribution in [0, 0.1) is 5.82 Å².